The lowest BCUT2D eigenvalue weighted by Gasteiger charge is -2.22. The zero-order valence-corrected chi connectivity index (χ0v) is 11.4. The monoisotopic (exact) mass is 261 g/mol. The molecule has 0 saturated heterocycles. The molecule has 2 N–H and O–H groups in total. The number of esters is 1. The Morgan fingerprint density at radius 2 is 1.89 bits per heavy atom. The summed E-state index contributed by atoms with van der Waals surface area (Å²) in [4.78, 5) is 11.8. The lowest BCUT2D eigenvalue weighted by Crippen LogP contribution is -2.21. The normalized spacial score (nSPS) is 17.9. The largest absolute Gasteiger partial charge is 0.462 e. The van der Waals surface area contributed by atoms with Crippen molar-refractivity contribution in [3.05, 3.63) is 35.9 Å². The van der Waals surface area contributed by atoms with E-state index in [1.165, 1.54) is 19.3 Å². The van der Waals surface area contributed by atoms with Gasteiger partial charge in [0.1, 0.15) is 6.10 Å². The van der Waals surface area contributed by atoms with E-state index in [0.29, 0.717) is 12.8 Å². The molecular formula is C16H23NO2. The molecule has 3 heteroatoms. The van der Waals surface area contributed by atoms with E-state index >= 15 is 0 Å². The molecule has 104 valence electrons. The van der Waals surface area contributed by atoms with Gasteiger partial charge in [0.05, 0.1) is 0 Å². The van der Waals surface area contributed by atoms with Crippen LogP contribution in [0.5, 0.6) is 0 Å². The zero-order chi connectivity index (χ0) is 13.5. The minimum absolute atomic E-state index is 0.0832. The van der Waals surface area contributed by atoms with Crippen LogP contribution < -0.4 is 5.73 Å². The number of nitrogens with two attached hydrogens (primary N) is 1. The Balaban J connectivity index is 1.71. The van der Waals surface area contributed by atoms with Crippen molar-refractivity contribution in [2.24, 2.45) is 5.73 Å². The van der Waals surface area contributed by atoms with E-state index in [1.807, 2.05) is 30.3 Å². The first-order chi connectivity index (χ1) is 9.25. The van der Waals surface area contributed by atoms with Crippen LogP contribution in [0.4, 0.5) is 0 Å². The maximum atomic E-state index is 11.8. The van der Waals surface area contributed by atoms with Gasteiger partial charge < -0.3 is 10.5 Å². The first-order valence-electron chi connectivity index (χ1n) is 7.25. The van der Waals surface area contributed by atoms with Gasteiger partial charge in [-0.3, -0.25) is 4.79 Å². The van der Waals surface area contributed by atoms with Crippen molar-refractivity contribution >= 4 is 5.97 Å². The predicted molar refractivity (Wildman–Crippen MR) is 75.6 cm³/mol. The van der Waals surface area contributed by atoms with Gasteiger partial charge in [0.15, 0.2) is 0 Å². The van der Waals surface area contributed by atoms with Crippen molar-refractivity contribution < 1.29 is 9.53 Å². The maximum Gasteiger partial charge on any atom is 0.306 e. The van der Waals surface area contributed by atoms with Gasteiger partial charge in [-0.05, 0) is 37.7 Å². The van der Waals surface area contributed by atoms with Crippen LogP contribution in [-0.4, -0.2) is 12.1 Å². The van der Waals surface area contributed by atoms with E-state index in [1.54, 1.807) is 0 Å². The Labute approximate surface area is 115 Å². The third kappa shape index (κ3) is 4.67. The highest BCUT2D eigenvalue weighted by molar-refractivity contribution is 5.69. The van der Waals surface area contributed by atoms with Gasteiger partial charge in [0, 0.05) is 12.5 Å². The Bertz CT molecular complexity index is 385. The fourth-order valence-electron chi connectivity index (χ4n) is 2.57. The second kappa shape index (κ2) is 7.29. The molecule has 19 heavy (non-hydrogen) atoms. The molecule has 1 saturated carbocycles. The average molecular weight is 261 g/mol. The van der Waals surface area contributed by atoms with Gasteiger partial charge >= 0.3 is 5.97 Å². The van der Waals surface area contributed by atoms with Crippen LogP contribution in [0.3, 0.4) is 0 Å². The molecule has 3 nitrogen and oxygen atoms in total. The van der Waals surface area contributed by atoms with E-state index in [4.69, 9.17) is 10.5 Å². The lowest BCUT2D eigenvalue weighted by molar-refractivity contribution is -0.150. The van der Waals surface area contributed by atoms with Crippen molar-refractivity contribution in [3.63, 3.8) is 0 Å². The Hall–Kier alpha value is -1.35. The molecule has 2 rings (SSSR count). The Kier molecular flexibility index (Phi) is 5.40. The van der Waals surface area contributed by atoms with E-state index in [-0.39, 0.29) is 18.1 Å². The smallest absolute Gasteiger partial charge is 0.306 e. The highest BCUT2D eigenvalue weighted by Crippen LogP contribution is 2.21. The van der Waals surface area contributed by atoms with Crippen LogP contribution in [0, 0.1) is 0 Å². The molecule has 0 aliphatic heterocycles. The predicted octanol–water partition coefficient (Wildman–Crippen LogP) is 3.34. The summed E-state index contributed by atoms with van der Waals surface area (Å²) < 4.78 is 5.48. The van der Waals surface area contributed by atoms with Crippen molar-refractivity contribution in [3.8, 4) is 0 Å². The maximum absolute atomic E-state index is 11.8. The molecule has 0 bridgehead atoms. The second-order valence-electron chi connectivity index (χ2n) is 5.31. The molecule has 0 aromatic heterocycles. The van der Waals surface area contributed by atoms with Crippen LogP contribution >= 0.6 is 0 Å². The number of rotatable bonds is 5. The molecule has 1 aromatic carbocycles. The van der Waals surface area contributed by atoms with E-state index in [2.05, 4.69) is 0 Å². The highest BCUT2D eigenvalue weighted by atomic mass is 16.5. The average Bonchev–Trinajstić information content (AvgIpc) is 2.47. The first-order valence-corrected chi connectivity index (χ1v) is 7.25. The second-order valence-corrected chi connectivity index (χ2v) is 5.31. The number of hydrogen-bond acceptors (Lipinski definition) is 3. The van der Waals surface area contributed by atoms with Crippen molar-refractivity contribution in [2.75, 3.05) is 0 Å². The summed E-state index contributed by atoms with van der Waals surface area (Å²) >= 11 is 0. The van der Waals surface area contributed by atoms with Gasteiger partial charge in [0.2, 0.25) is 0 Å². The molecule has 1 atom stereocenters. The first kappa shape index (κ1) is 14.1. The SMILES string of the molecule is NC(CCC(=O)OC1CCCCC1)c1ccccc1. The number of carbonyl (C=O) groups excluding carboxylic acids is 1. The molecule has 1 fully saturated rings. The van der Waals surface area contributed by atoms with Crippen LogP contribution in [0.25, 0.3) is 0 Å². The third-order valence-corrected chi connectivity index (χ3v) is 3.74. The highest BCUT2D eigenvalue weighted by Gasteiger charge is 2.18. The van der Waals surface area contributed by atoms with Crippen LogP contribution in [0.15, 0.2) is 30.3 Å². The van der Waals surface area contributed by atoms with Gasteiger partial charge in [0.25, 0.3) is 0 Å². The van der Waals surface area contributed by atoms with E-state index in [9.17, 15) is 4.79 Å². The summed E-state index contributed by atoms with van der Waals surface area (Å²) in [5.74, 6) is -0.0988. The third-order valence-electron chi connectivity index (χ3n) is 3.74. The van der Waals surface area contributed by atoms with Gasteiger partial charge in [-0.2, -0.15) is 0 Å². The standard InChI is InChI=1S/C16H23NO2/c17-15(13-7-3-1-4-8-13)11-12-16(18)19-14-9-5-2-6-10-14/h1,3-4,7-8,14-15H,2,5-6,9-12,17H2. The zero-order valence-electron chi connectivity index (χ0n) is 11.4. The molecule has 1 unspecified atom stereocenters. The summed E-state index contributed by atoms with van der Waals surface area (Å²) in [5, 5.41) is 0. The summed E-state index contributed by atoms with van der Waals surface area (Å²) in [6.07, 6.45) is 6.89. The number of ether oxygens (including phenoxy) is 1. The number of benzene rings is 1. The number of hydrogen-bond donors (Lipinski definition) is 1. The van der Waals surface area contributed by atoms with Crippen molar-refractivity contribution in [1.82, 2.24) is 0 Å². The Morgan fingerprint density at radius 3 is 2.58 bits per heavy atom. The molecule has 1 aliphatic rings. The van der Waals surface area contributed by atoms with Crippen molar-refractivity contribution in [2.45, 2.75) is 57.1 Å². The molecule has 0 amide bonds. The molecule has 0 radical (unpaired) electrons. The van der Waals surface area contributed by atoms with Crippen LogP contribution in [0.1, 0.15) is 56.6 Å². The fraction of sp³-hybridized carbons (Fsp3) is 0.562. The van der Waals surface area contributed by atoms with E-state index < -0.39 is 0 Å². The molecular weight excluding hydrogens is 238 g/mol. The quantitative estimate of drug-likeness (QED) is 0.827. The Morgan fingerprint density at radius 1 is 1.21 bits per heavy atom. The van der Waals surface area contributed by atoms with Crippen molar-refractivity contribution in [1.29, 1.82) is 0 Å². The number of carbonyl (C=O) groups is 1. The summed E-state index contributed by atoms with van der Waals surface area (Å²) in [6.45, 7) is 0. The van der Waals surface area contributed by atoms with Crippen LogP contribution in [0.2, 0.25) is 0 Å². The van der Waals surface area contributed by atoms with Gasteiger partial charge in [-0.1, -0.05) is 36.8 Å². The molecule has 0 spiro atoms. The molecule has 0 heterocycles. The summed E-state index contributed by atoms with van der Waals surface area (Å²) in [7, 11) is 0. The minimum Gasteiger partial charge on any atom is -0.462 e. The molecule has 1 aliphatic carbocycles. The summed E-state index contributed by atoms with van der Waals surface area (Å²) in [5.41, 5.74) is 7.15. The fourth-order valence-corrected chi connectivity index (χ4v) is 2.57. The van der Waals surface area contributed by atoms with Gasteiger partial charge in [-0.25, -0.2) is 0 Å². The van der Waals surface area contributed by atoms with E-state index in [0.717, 1.165) is 18.4 Å². The van der Waals surface area contributed by atoms with Gasteiger partial charge in [-0.15, -0.1) is 0 Å². The topological polar surface area (TPSA) is 52.3 Å². The van der Waals surface area contributed by atoms with Crippen LogP contribution in [-0.2, 0) is 9.53 Å². The summed E-state index contributed by atoms with van der Waals surface area (Å²) in [6, 6.07) is 9.81. The minimum atomic E-state index is -0.0988. The lowest BCUT2D eigenvalue weighted by atomic mass is 9.98. The molecule has 1 aromatic rings.